The van der Waals surface area contributed by atoms with Gasteiger partial charge in [-0.05, 0) is 18.2 Å². The minimum atomic E-state index is -1.07. The second-order valence-electron chi connectivity index (χ2n) is 4.35. The molecular weight excluding hydrogens is 297 g/mol. The third-order valence-electron chi connectivity index (χ3n) is 3.03. The van der Waals surface area contributed by atoms with Gasteiger partial charge < -0.3 is 5.43 Å². The van der Waals surface area contributed by atoms with Gasteiger partial charge in [-0.2, -0.15) is 5.43 Å². The van der Waals surface area contributed by atoms with Gasteiger partial charge in [0.25, 0.3) is 0 Å². The fraction of sp³-hybridized carbons (Fsp3) is 0.0769. The van der Waals surface area contributed by atoms with E-state index in [0.29, 0.717) is 15.6 Å². The Morgan fingerprint density at radius 1 is 1.20 bits per heavy atom. The number of hydrogen-bond acceptors (Lipinski definition) is 5. The van der Waals surface area contributed by atoms with Gasteiger partial charge in [0, 0.05) is 29.1 Å². The molecule has 1 aliphatic heterocycles. The van der Waals surface area contributed by atoms with Gasteiger partial charge >= 0.3 is 0 Å². The van der Waals surface area contributed by atoms with Crippen molar-refractivity contribution in [1.29, 1.82) is 0 Å². The number of hydrazine groups is 1. The molecule has 3 rings (SSSR count). The standard InChI is InChI=1S/C13H11Cl2N5/c14-10-4-9(13(16)18-7-19-20-13)5-11(15)12(10)8-2-1-3-17-6-8/h1-7,20H,16H2,(H,18,19). The molecule has 2 heterocycles. The molecule has 4 N–H and O–H groups in total. The number of hydrogen-bond donors (Lipinski definition) is 3. The third-order valence-corrected chi connectivity index (χ3v) is 3.62. The van der Waals surface area contributed by atoms with Crippen LogP contribution in [0.4, 0.5) is 0 Å². The number of rotatable bonds is 2. The van der Waals surface area contributed by atoms with Gasteiger partial charge in [0.15, 0.2) is 0 Å². The summed E-state index contributed by atoms with van der Waals surface area (Å²) in [6, 6.07) is 7.21. The molecule has 0 bridgehead atoms. The molecular formula is C13H11Cl2N5. The number of nitrogens with two attached hydrogens (primary N) is 1. The van der Waals surface area contributed by atoms with Crippen molar-refractivity contribution in [2.24, 2.45) is 10.7 Å². The van der Waals surface area contributed by atoms with Crippen molar-refractivity contribution >= 4 is 29.5 Å². The van der Waals surface area contributed by atoms with Gasteiger partial charge in [-0.1, -0.05) is 29.3 Å². The van der Waals surface area contributed by atoms with Crippen LogP contribution in [0.5, 0.6) is 0 Å². The first-order valence-electron chi connectivity index (χ1n) is 5.85. The van der Waals surface area contributed by atoms with Gasteiger partial charge in [0.2, 0.25) is 5.79 Å². The molecule has 0 amide bonds. The van der Waals surface area contributed by atoms with Gasteiger partial charge in [-0.25, -0.2) is 4.99 Å². The summed E-state index contributed by atoms with van der Waals surface area (Å²) in [5, 5.41) is 0.989. The quantitative estimate of drug-likeness (QED) is 0.795. The number of nitrogens with zero attached hydrogens (tertiary/aromatic N) is 2. The van der Waals surface area contributed by atoms with Crippen LogP contribution in [-0.2, 0) is 5.79 Å². The molecule has 1 aliphatic rings. The van der Waals surface area contributed by atoms with Crippen LogP contribution in [0.15, 0.2) is 41.7 Å². The van der Waals surface area contributed by atoms with E-state index in [2.05, 4.69) is 20.8 Å². The lowest BCUT2D eigenvalue weighted by Gasteiger charge is -2.22. The van der Waals surface area contributed by atoms with Gasteiger partial charge in [0.05, 0.1) is 10.0 Å². The van der Waals surface area contributed by atoms with Crippen molar-refractivity contribution < 1.29 is 0 Å². The largest absolute Gasteiger partial charge is 0.309 e. The van der Waals surface area contributed by atoms with Gasteiger partial charge in [-0.3, -0.25) is 10.7 Å². The topological polar surface area (TPSA) is 75.3 Å². The van der Waals surface area contributed by atoms with Crippen molar-refractivity contribution in [3.8, 4) is 11.1 Å². The lowest BCUT2D eigenvalue weighted by atomic mass is 10.0. The average Bonchev–Trinajstić information content (AvgIpc) is 2.87. The predicted octanol–water partition coefficient (Wildman–Crippen LogP) is 2.26. The van der Waals surface area contributed by atoms with Crippen LogP contribution in [0.2, 0.25) is 10.0 Å². The van der Waals surface area contributed by atoms with Crippen molar-refractivity contribution in [3.05, 3.63) is 52.3 Å². The highest BCUT2D eigenvalue weighted by atomic mass is 35.5. The first-order chi connectivity index (χ1) is 9.60. The summed E-state index contributed by atoms with van der Waals surface area (Å²) in [4.78, 5) is 8.19. The molecule has 1 aromatic heterocycles. The number of nitrogens with one attached hydrogen (secondary N) is 2. The molecule has 0 saturated carbocycles. The number of aliphatic imine (C=N–C) groups is 1. The zero-order valence-electron chi connectivity index (χ0n) is 10.3. The summed E-state index contributed by atoms with van der Waals surface area (Å²) < 4.78 is 0. The highest BCUT2D eigenvalue weighted by Gasteiger charge is 2.30. The Labute approximate surface area is 125 Å². The van der Waals surface area contributed by atoms with Crippen molar-refractivity contribution in [2.75, 3.05) is 0 Å². The van der Waals surface area contributed by atoms with Crippen LogP contribution in [-0.4, -0.2) is 11.3 Å². The number of benzene rings is 1. The zero-order valence-corrected chi connectivity index (χ0v) is 11.8. The summed E-state index contributed by atoms with van der Waals surface area (Å²) in [7, 11) is 0. The Morgan fingerprint density at radius 2 is 1.95 bits per heavy atom. The molecule has 1 aromatic carbocycles. The minimum Gasteiger partial charge on any atom is -0.309 e. The van der Waals surface area contributed by atoms with E-state index in [1.54, 1.807) is 24.5 Å². The van der Waals surface area contributed by atoms with Gasteiger partial charge in [0.1, 0.15) is 6.34 Å². The minimum absolute atomic E-state index is 0.495. The Bertz CT molecular complexity index is 651. The smallest absolute Gasteiger partial charge is 0.206 e. The van der Waals surface area contributed by atoms with E-state index in [-0.39, 0.29) is 0 Å². The molecule has 0 fully saturated rings. The summed E-state index contributed by atoms with van der Waals surface area (Å²) in [5.74, 6) is -1.07. The Kier molecular flexibility index (Phi) is 3.35. The van der Waals surface area contributed by atoms with E-state index in [4.69, 9.17) is 28.9 Å². The molecule has 1 unspecified atom stereocenters. The summed E-state index contributed by atoms with van der Waals surface area (Å²) >= 11 is 12.7. The Hall–Kier alpha value is -1.66. The fourth-order valence-corrected chi connectivity index (χ4v) is 2.74. The molecule has 0 radical (unpaired) electrons. The van der Waals surface area contributed by atoms with E-state index in [1.807, 2.05) is 12.1 Å². The normalized spacial score (nSPS) is 20.9. The van der Waals surface area contributed by atoms with Crippen molar-refractivity contribution in [3.63, 3.8) is 0 Å². The van der Waals surface area contributed by atoms with Crippen LogP contribution in [0.25, 0.3) is 11.1 Å². The van der Waals surface area contributed by atoms with E-state index in [0.717, 1.165) is 11.1 Å². The Morgan fingerprint density at radius 3 is 2.50 bits per heavy atom. The van der Waals surface area contributed by atoms with Crippen LogP contribution in [0, 0.1) is 0 Å². The molecule has 2 aromatic rings. The number of aromatic nitrogens is 1. The van der Waals surface area contributed by atoms with Crippen LogP contribution in [0.1, 0.15) is 5.56 Å². The molecule has 102 valence electrons. The predicted molar refractivity (Wildman–Crippen MR) is 80.3 cm³/mol. The highest BCUT2D eigenvalue weighted by Crippen LogP contribution is 2.37. The Balaban J connectivity index is 2.10. The average molecular weight is 308 g/mol. The second-order valence-corrected chi connectivity index (χ2v) is 5.16. The van der Waals surface area contributed by atoms with E-state index < -0.39 is 5.79 Å². The molecule has 7 heteroatoms. The monoisotopic (exact) mass is 307 g/mol. The molecule has 0 saturated heterocycles. The second kappa shape index (κ2) is 5.03. The maximum absolute atomic E-state index is 6.34. The SMILES string of the molecule is NC1(c2cc(Cl)c(-c3cccnc3)c(Cl)c2)N=CNN1. The number of pyridine rings is 1. The maximum atomic E-state index is 6.34. The number of halogens is 2. The molecule has 0 aliphatic carbocycles. The fourth-order valence-electron chi connectivity index (χ4n) is 2.03. The lowest BCUT2D eigenvalue weighted by molar-refractivity contribution is 0.375. The summed E-state index contributed by atoms with van der Waals surface area (Å²) in [6.45, 7) is 0. The summed E-state index contributed by atoms with van der Waals surface area (Å²) in [5.41, 5.74) is 13.9. The first-order valence-corrected chi connectivity index (χ1v) is 6.61. The molecule has 1 atom stereocenters. The van der Waals surface area contributed by atoms with Crippen LogP contribution < -0.4 is 16.6 Å². The maximum Gasteiger partial charge on any atom is 0.206 e. The van der Waals surface area contributed by atoms with E-state index in [9.17, 15) is 0 Å². The molecule has 20 heavy (non-hydrogen) atoms. The summed E-state index contributed by atoms with van der Waals surface area (Å²) in [6.07, 6.45) is 4.88. The van der Waals surface area contributed by atoms with Gasteiger partial charge in [-0.15, -0.1) is 0 Å². The highest BCUT2D eigenvalue weighted by molar-refractivity contribution is 6.39. The third kappa shape index (κ3) is 2.25. The van der Waals surface area contributed by atoms with Crippen molar-refractivity contribution in [2.45, 2.75) is 5.79 Å². The molecule has 0 spiro atoms. The van der Waals surface area contributed by atoms with Crippen LogP contribution in [0.3, 0.4) is 0 Å². The first kappa shape index (κ1) is 13.3. The zero-order chi connectivity index (χ0) is 14.2. The molecule has 5 nitrogen and oxygen atoms in total. The lowest BCUT2D eigenvalue weighted by Crippen LogP contribution is -2.49. The van der Waals surface area contributed by atoms with Crippen molar-refractivity contribution in [1.82, 2.24) is 15.8 Å². The van der Waals surface area contributed by atoms with E-state index in [1.165, 1.54) is 6.34 Å². The van der Waals surface area contributed by atoms with E-state index >= 15 is 0 Å². The van der Waals surface area contributed by atoms with Crippen LogP contribution >= 0.6 is 23.2 Å².